The predicted molar refractivity (Wildman–Crippen MR) is 69.7 cm³/mol. The zero-order chi connectivity index (χ0) is 13.4. The Hall–Kier alpha value is -2.56. The quantitative estimate of drug-likeness (QED) is 0.740. The van der Waals surface area contributed by atoms with Crippen molar-refractivity contribution in [2.45, 2.75) is 6.54 Å². The Morgan fingerprint density at radius 2 is 2.00 bits per heavy atom. The number of aromatic amines is 1. The number of H-pyrrole nitrogens is 1. The van der Waals surface area contributed by atoms with Crippen LogP contribution in [-0.4, -0.2) is 14.7 Å². The largest absolute Gasteiger partial charge is 0.506 e. The normalized spacial score (nSPS) is 11.0. The molecule has 4 nitrogen and oxygen atoms in total. The molecule has 0 aliphatic carbocycles. The van der Waals surface area contributed by atoms with Crippen molar-refractivity contribution in [3.05, 3.63) is 64.3 Å². The fourth-order valence-corrected chi connectivity index (χ4v) is 2.14. The van der Waals surface area contributed by atoms with Crippen LogP contribution in [0.25, 0.3) is 11.0 Å². The first kappa shape index (κ1) is 11.5. The average molecular weight is 258 g/mol. The molecule has 0 spiro atoms. The Balaban J connectivity index is 2.13. The predicted octanol–water partition coefficient (Wildman–Crippen LogP) is 2.22. The van der Waals surface area contributed by atoms with Crippen molar-refractivity contribution < 1.29 is 9.50 Å². The number of hydrogen-bond donors (Lipinski definition) is 2. The van der Waals surface area contributed by atoms with Crippen molar-refractivity contribution in [1.29, 1.82) is 0 Å². The monoisotopic (exact) mass is 258 g/mol. The Morgan fingerprint density at radius 3 is 2.79 bits per heavy atom. The number of halogens is 1. The first-order valence-electron chi connectivity index (χ1n) is 5.80. The smallest absolute Gasteiger partial charge is 0.326 e. The minimum atomic E-state index is -0.340. The third-order valence-corrected chi connectivity index (χ3v) is 3.02. The number of phenolic OH excluding ortho intramolecular Hbond substituents is 1. The van der Waals surface area contributed by atoms with Gasteiger partial charge in [-0.15, -0.1) is 0 Å². The summed E-state index contributed by atoms with van der Waals surface area (Å²) in [6, 6.07) is 11.0. The molecule has 0 saturated carbocycles. The van der Waals surface area contributed by atoms with Crippen LogP contribution in [-0.2, 0) is 6.54 Å². The summed E-state index contributed by atoms with van der Waals surface area (Å²) in [4.78, 5) is 14.5. The van der Waals surface area contributed by atoms with Crippen LogP contribution in [0, 0.1) is 5.82 Å². The molecule has 0 amide bonds. The summed E-state index contributed by atoms with van der Waals surface area (Å²) in [6.07, 6.45) is 0. The van der Waals surface area contributed by atoms with E-state index < -0.39 is 0 Å². The zero-order valence-electron chi connectivity index (χ0n) is 9.93. The highest BCUT2D eigenvalue weighted by atomic mass is 19.1. The summed E-state index contributed by atoms with van der Waals surface area (Å²) in [5.74, 6) is -0.319. The number of nitrogens with zero attached hydrogens (tertiary/aromatic N) is 1. The minimum Gasteiger partial charge on any atom is -0.506 e. The number of hydrogen-bond acceptors (Lipinski definition) is 2. The van der Waals surface area contributed by atoms with Crippen molar-refractivity contribution in [2.24, 2.45) is 0 Å². The van der Waals surface area contributed by atoms with Crippen LogP contribution in [0.3, 0.4) is 0 Å². The van der Waals surface area contributed by atoms with Gasteiger partial charge in [0, 0.05) is 0 Å². The maximum absolute atomic E-state index is 13.1. The van der Waals surface area contributed by atoms with E-state index in [0.717, 1.165) is 0 Å². The average Bonchev–Trinajstić information content (AvgIpc) is 2.69. The van der Waals surface area contributed by atoms with Crippen molar-refractivity contribution in [1.82, 2.24) is 9.55 Å². The number of fused-ring (bicyclic) bond motifs is 1. The van der Waals surface area contributed by atoms with E-state index in [1.54, 1.807) is 24.3 Å². The van der Waals surface area contributed by atoms with E-state index in [0.29, 0.717) is 16.6 Å². The molecule has 0 aliphatic rings. The summed E-state index contributed by atoms with van der Waals surface area (Å²) < 4.78 is 14.6. The molecule has 3 rings (SSSR count). The molecule has 96 valence electrons. The molecule has 2 N–H and O–H groups in total. The number of nitrogens with one attached hydrogen (secondary N) is 1. The van der Waals surface area contributed by atoms with Gasteiger partial charge in [-0.05, 0) is 29.8 Å². The summed E-state index contributed by atoms with van der Waals surface area (Å²) in [5.41, 5.74) is 1.34. The highest BCUT2D eigenvalue weighted by Gasteiger charge is 2.10. The van der Waals surface area contributed by atoms with E-state index in [9.17, 15) is 14.3 Å². The van der Waals surface area contributed by atoms with Gasteiger partial charge in [0.25, 0.3) is 0 Å². The van der Waals surface area contributed by atoms with Crippen molar-refractivity contribution in [3.8, 4) is 5.75 Å². The van der Waals surface area contributed by atoms with Crippen LogP contribution in [0.1, 0.15) is 5.56 Å². The summed E-state index contributed by atoms with van der Waals surface area (Å²) in [7, 11) is 0. The van der Waals surface area contributed by atoms with Crippen LogP contribution >= 0.6 is 0 Å². The lowest BCUT2D eigenvalue weighted by atomic mass is 10.2. The van der Waals surface area contributed by atoms with Crippen molar-refractivity contribution in [3.63, 3.8) is 0 Å². The fraction of sp³-hybridized carbons (Fsp3) is 0.0714. The highest BCUT2D eigenvalue weighted by molar-refractivity contribution is 5.81. The third kappa shape index (κ3) is 1.99. The molecule has 0 radical (unpaired) electrons. The molecule has 0 saturated heterocycles. The maximum atomic E-state index is 13.1. The zero-order valence-corrected chi connectivity index (χ0v) is 9.93. The second kappa shape index (κ2) is 4.28. The van der Waals surface area contributed by atoms with Gasteiger partial charge in [0.2, 0.25) is 0 Å². The molecule has 5 heteroatoms. The number of imidazole rings is 1. The van der Waals surface area contributed by atoms with Gasteiger partial charge in [0.05, 0.1) is 12.1 Å². The van der Waals surface area contributed by atoms with E-state index in [1.807, 2.05) is 0 Å². The lowest BCUT2D eigenvalue weighted by molar-refractivity contribution is 0.480. The molecule has 2 aromatic carbocycles. The molecular weight excluding hydrogens is 247 g/mol. The van der Waals surface area contributed by atoms with E-state index in [1.165, 1.54) is 22.8 Å². The minimum absolute atomic E-state index is 0.0209. The number of phenols is 1. The SMILES string of the molecule is O=c1[nH]c2c(O)cccc2n1Cc1cccc(F)c1. The van der Waals surface area contributed by atoms with E-state index in [2.05, 4.69) is 4.98 Å². The Bertz CT molecular complexity index is 805. The van der Waals surface area contributed by atoms with Crippen LogP contribution in [0.5, 0.6) is 5.75 Å². The first-order chi connectivity index (χ1) is 9.15. The number of aromatic nitrogens is 2. The number of rotatable bonds is 2. The van der Waals surface area contributed by atoms with Gasteiger partial charge in [0.1, 0.15) is 17.1 Å². The molecule has 0 atom stereocenters. The standard InChI is InChI=1S/C14H11FN2O2/c15-10-4-1-3-9(7-10)8-17-11-5-2-6-12(18)13(11)16-14(17)19/h1-7,18H,8H2,(H,16,19). The lowest BCUT2D eigenvalue weighted by Gasteiger charge is -2.04. The lowest BCUT2D eigenvalue weighted by Crippen LogP contribution is -2.17. The van der Waals surface area contributed by atoms with E-state index in [-0.39, 0.29) is 23.8 Å². The van der Waals surface area contributed by atoms with Gasteiger partial charge >= 0.3 is 5.69 Å². The molecule has 0 fully saturated rings. The second-order valence-corrected chi connectivity index (χ2v) is 4.32. The molecule has 0 aliphatic heterocycles. The number of benzene rings is 2. The second-order valence-electron chi connectivity index (χ2n) is 4.32. The number of para-hydroxylation sites is 1. The Morgan fingerprint density at radius 1 is 1.21 bits per heavy atom. The van der Waals surface area contributed by atoms with Gasteiger partial charge in [-0.1, -0.05) is 18.2 Å². The van der Waals surface area contributed by atoms with Gasteiger partial charge in [-0.25, -0.2) is 9.18 Å². The first-order valence-corrected chi connectivity index (χ1v) is 5.80. The Labute approximate surface area is 107 Å². The molecule has 1 heterocycles. The van der Waals surface area contributed by atoms with Crippen molar-refractivity contribution >= 4 is 11.0 Å². The van der Waals surface area contributed by atoms with E-state index in [4.69, 9.17) is 0 Å². The maximum Gasteiger partial charge on any atom is 0.326 e. The number of aromatic hydroxyl groups is 1. The summed E-state index contributed by atoms with van der Waals surface area (Å²) in [6.45, 7) is 0.250. The highest BCUT2D eigenvalue weighted by Crippen LogP contribution is 2.21. The molecule has 0 bridgehead atoms. The fourth-order valence-electron chi connectivity index (χ4n) is 2.14. The van der Waals surface area contributed by atoms with Gasteiger partial charge in [-0.3, -0.25) is 4.57 Å². The molecule has 1 aromatic heterocycles. The molecule has 3 aromatic rings. The summed E-state index contributed by atoms with van der Waals surface area (Å²) in [5, 5.41) is 9.68. The van der Waals surface area contributed by atoms with E-state index >= 15 is 0 Å². The topological polar surface area (TPSA) is 58.0 Å². The van der Waals surface area contributed by atoms with Gasteiger partial charge in [0.15, 0.2) is 0 Å². The van der Waals surface area contributed by atoms with Crippen LogP contribution < -0.4 is 5.69 Å². The molecule has 0 unspecified atom stereocenters. The third-order valence-electron chi connectivity index (χ3n) is 3.02. The van der Waals surface area contributed by atoms with Crippen LogP contribution in [0.2, 0.25) is 0 Å². The Kier molecular flexibility index (Phi) is 2.59. The molecular formula is C14H11FN2O2. The molecule has 19 heavy (non-hydrogen) atoms. The van der Waals surface area contributed by atoms with Crippen molar-refractivity contribution in [2.75, 3.05) is 0 Å². The van der Waals surface area contributed by atoms with Gasteiger partial charge in [-0.2, -0.15) is 0 Å². The summed E-state index contributed by atoms with van der Waals surface area (Å²) >= 11 is 0. The van der Waals surface area contributed by atoms with Gasteiger partial charge < -0.3 is 10.1 Å². The van der Waals surface area contributed by atoms with Crippen LogP contribution in [0.15, 0.2) is 47.3 Å². The van der Waals surface area contributed by atoms with Crippen LogP contribution in [0.4, 0.5) is 4.39 Å².